The van der Waals surface area contributed by atoms with E-state index in [0.717, 1.165) is 38.9 Å². The molecule has 1 heterocycles. The maximum atomic E-state index is 10.8. The van der Waals surface area contributed by atoms with Gasteiger partial charge in [-0.1, -0.05) is 0 Å². The summed E-state index contributed by atoms with van der Waals surface area (Å²) in [5.41, 5.74) is 5.79. The zero-order chi connectivity index (χ0) is 10.4. The molecule has 4 nitrogen and oxygen atoms in total. The smallest absolute Gasteiger partial charge is 0.305 e. The topological polar surface area (TPSA) is 55.6 Å². The highest BCUT2D eigenvalue weighted by molar-refractivity contribution is 5.85. The van der Waals surface area contributed by atoms with Gasteiger partial charge in [0, 0.05) is 12.5 Å². The number of carbonyl (C=O) groups is 1. The normalized spacial score (nSPS) is 17.1. The van der Waals surface area contributed by atoms with Crippen molar-refractivity contribution in [3.8, 4) is 0 Å². The molecule has 0 amide bonds. The third-order valence-corrected chi connectivity index (χ3v) is 2.72. The SMILES string of the molecule is COC(=O)CCCN1CCC(N)CC1.Cl.Cl. The van der Waals surface area contributed by atoms with E-state index in [-0.39, 0.29) is 30.8 Å². The van der Waals surface area contributed by atoms with E-state index in [1.54, 1.807) is 0 Å². The summed E-state index contributed by atoms with van der Waals surface area (Å²) in [7, 11) is 1.43. The largest absolute Gasteiger partial charge is 0.469 e. The number of halogens is 2. The highest BCUT2D eigenvalue weighted by Crippen LogP contribution is 2.08. The summed E-state index contributed by atoms with van der Waals surface area (Å²) in [5, 5.41) is 0. The van der Waals surface area contributed by atoms with Crippen molar-refractivity contribution in [3.05, 3.63) is 0 Å². The van der Waals surface area contributed by atoms with E-state index in [1.165, 1.54) is 7.11 Å². The van der Waals surface area contributed by atoms with Crippen LogP contribution in [0.1, 0.15) is 25.7 Å². The van der Waals surface area contributed by atoms with E-state index in [0.29, 0.717) is 12.5 Å². The fraction of sp³-hybridized carbons (Fsp3) is 0.900. The Morgan fingerprint density at radius 1 is 1.38 bits per heavy atom. The first-order valence-corrected chi connectivity index (χ1v) is 5.27. The van der Waals surface area contributed by atoms with Crippen LogP contribution in [0, 0.1) is 0 Å². The quantitative estimate of drug-likeness (QED) is 0.782. The van der Waals surface area contributed by atoms with Crippen LogP contribution in [-0.2, 0) is 9.53 Å². The number of hydrogen-bond acceptors (Lipinski definition) is 4. The van der Waals surface area contributed by atoms with E-state index < -0.39 is 0 Å². The van der Waals surface area contributed by atoms with Gasteiger partial charge in [-0.15, -0.1) is 24.8 Å². The number of nitrogens with two attached hydrogens (primary N) is 1. The van der Waals surface area contributed by atoms with E-state index in [9.17, 15) is 4.79 Å². The van der Waals surface area contributed by atoms with Crippen molar-refractivity contribution in [2.45, 2.75) is 31.7 Å². The van der Waals surface area contributed by atoms with Crippen molar-refractivity contribution in [1.29, 1.82) is 0 Å². The standard InChI is InChI=1S/C10H20N2O2.2ClH/c1-14-10(13)3-2-6-12-7-4-9(11)5-8-12;;/h9H,2-8,11H2,1H3;2*1H. The van der Waals surface area contributed by atoms with Gasteiger partial charge in [-0.2, -0.15) is 0 Å². The van der Waals surface area contributed by atoms with Gasteiger partial charge < -0.3 is 15.4 Å². The van der Waals surface area contributed by atoms with Gasteiger partial charge in [0.15, 0.2) is 0 Å². The molecular weight excluding hydrogens is 251 g/mol. The van der Waals surface area contributed by atoms with Gasteiger partial charge in [-0.25, -0.2) is 0 Å². The number of piperidine rings is 1. The molecule has 0 aromatic rings. The molecule has 1 saturated heterocycles. The number of methoxy groups -OCH3 is 1. The lowest BCUT2D eigenvalue weighted by molar-refractivity contribution is -0.140. The molecule has 1 rings (SSSR count). The lowest BCUT2D eigenvalue weighted by Crippen LogP contribution is -2.40. The lowest BCUT2D eigenvalue weighted by Gasteiger charge is -2.29. The Bertz CT molecular complexity index is 186. The molecule has 0 atom stereocenters. The Balaban J connectivity index is 0. The van der Waals surface area contributed by atoms with E-state index in [1.807, 2.05) is 0 Å². The summed E-state index contributed by atoms with van der Waals surface area (Å²) in [6.07, 6.45) is 3.58. The molecule has 0 aromatic heterocycles. The second-order valence-corrected chi connectivity index (χ2v) is 3.86. The third kappa shape index (κ3) is 7.28. The number of carbonyl (C=O) groups excluding carboxylic acids is 1. The van der Waals surface area contributed by atoms with Gasteiger partial charge in [-0.05, 0) is 38.9 Å². The maximum Gasteiger partial charge on any atom is 0.305 e. The first kappa shape index (κ1) is 18.3. The fourth-order valence-corrected chi connectivity index (χ4v) is 1.73. The average Bonchev–Trinajstić information content (AvgIpc) is 2.21. The zero-order valence-electron chi connectivity index (χ0n) is 9.68. The van der Waals surface area contributed by atoms with Crippen molar-refractivity contribution < 1.29 is 9.53 Å². The van der Waals surface area contributed by atoms with E-state index in [4.69, 9.17) is 5.73 Å². The second kappa shape index (κ2) is 10.1. The van der Waals surface area contributed by atoms with Crippen LogP contribution >= 0.6 is 24.8 Å². The van der Waals surface area contributed by atoms with Gasteiger partial charge in [0.25, 0.3) is 0 Å². The van der Waals surface area contributed by atoms with Crippen molar-refractivity contribution in [2.75, 3.05) is 26.7 Å². The predicted molar refractivity (Wildman–Crippen MR) is 69.4 cm³/mol. The highest BCUT2D eigenvalue weighted by Gasteiger charge is 2.15. The Hall–Kier alpha value is -0.0300. The Morgan fingerprint density at radius 2 is 1.94 bits per heavy atom. The second-order valence-electron chi connectivity index (χ2n) is 3.86. The van der Waals surface area contributed by atoms with Crippen LogP contribution in [0.4, 0.5) is 0 Å². The number of nitrogens with zero attached hydrogens (tertiary/aromatic N) is 1. The molecule has 6 heteroatoms. The van der Waals surface area contributed by atoms with Crippen LogP contribution in [-0.4, -0.2) is 43.7 Å². The van der Waals surface area contributed by atoms with Crippen molar-refractivity contribution in [3.63, 3.8) is 0 Å². The van der Waals surface area contributed by atoms with Gasteiger partial charge in [0.05, 0.1) is 7.11 Å². The number of likely N-dealkylation sites (tertiary alicyclic amines) is 1. The molecule has 16 heavy (non-hydrogen) atoms. The maximum absolute atomic E-state index is 10.8. The van der Waals surface area contributed by atoms with E-state index in [2.05, 4.69) is 9.64 Å². The van der Waals surface area contributed by atoms with Gasteiger partial charge in [0.1, 0.15) is 0 Å². The molecule has 0 bridgehead atoms. The Kier molecular flexibility index (Phi) is 11.6. The lowest BCUT2D eigenvalue weighted by atomic mass is 10.1. The molecule has 1 fully saturated rings. The number of ether oxygens (including phenoxy) is 1. The summed E-state index contributed by atoms with van der Waals surface area (Å²) < 4.78 is 4.58. The third-order valence-electron chi connectivity index (χ3n) is 2.72. The minimum atomic E-state index is -0.112. The fourth-order valence-electron chi connectivity index (χ4n) is 1.73. The summed E-state index contributed by atoms with van der Waals surface area (Å²) >= 11 is 0. The molecule has 1 aliphatic heterocycles. The first-order chi connectivity index (χ1) is 6.72. The van der Waals surface area contributed by atoms with Crippen molar-refractivity contribution in [2.24, 2.45) is 5.73 Å². The molecule has 2 N–H and O–H groups in total. The molecule has 0 radical (unpaired) electrons. The summed E-state index contributed by atoms with van der Waals surface area (Å²) in [6.45, 7) is 3.13. The molecular formula is C10H22Cl2N2O2. The molecule has 0 aromatic carbocycles. The predicted octanol–water partition coefficient (Wildman–Crippen LogP) is 1.21. The van der Waals surface area contributed by atoms with E-state index >= 15 is 0 Å². The average molecular weight is 273 g/mol. The molecule has 98 valence electrons. The number of hydrogen-bond donors (Lipinski definition) is 1. The van der Waals surface area contributed by atoms with Gasteiger partial charge in [-0.3, -0.25) is 4.79 Å². The van der Waals surface area contributed by atoms with Crippen LogP contribution in [0.3, 0.4) is 0 Å². The molecule has 0 aliphatic carbocycles. The number of rotatable bonds is 4. The number of esters is 1. The van der Waals surface area contributed by atoms with Gasteiger partial charge >= 0.3 is 5.97 Å². The first-order valence-electron chi connectivity index (χ1n) is 5.27. The minimum absolute atomic E-state index is 0. The molecule has 0 spiro atoms. The van der Waals surface area contributed by atoms with Crippen LogP contribution in [0.25, 0.3) is 0 Å². The molecule has 0 unspecified atom stereocenters. The van der Waals surface area contributed by atoms with Crippen molar-refractivity contribution >= 4 is 30.8 Å². The van der Waals surface area contributed by atoms with Crippen LogP contribution in [0.2, 0.25) is 0 Å². The zero-order valence-corrected chi connectivity index (χ0v) is 11.3. The summed E-state index contributed by atoms with van der Waals surface area (Å²) in [6, 6.07) is 0.381. The monoisotopic (exact) mass is 272 g/mol. The van der Waals surface area contributed by atoms with Crippen molar-refractivity contribution in [1.82, 2.24) is 4.90 Å². The summed E-state index contributed by atoms with van der Waals surface area (Å²) in [5.74, 6) is -0.112. The van der Waals surface area contributed by atoms with Crippen LogP contribution < -0.4 is 5.73 Å². The Labute approximate surface area is 110 Å². The van der Waals surface area contributed by atoms with Crippen LogP contribution in [0.5, 0.6) is 0 Å². The van der Waals surface area contributed by atoms with Crippen LogP contribution in [0.15, 0.2) is 0 Å². The molecule has 1 aliphatic rings. The summed E-state index contributed by atoms with van der Waals surface area (Å²) in [4.78, 5) is 13.2. The van der Waals surface area contributed by atoms with Gasteiger partial charge in [0.2, 0.25) is 0 Å². The molecule has 0 saturated carbocycles. The highest BCUT2D eigenvalue weighted by atomic mass is 35.5. The minimum Gasteiger partial charge on any atom is -0.469 e. The Morgan fingerprint density at radius 3 is 2.44 bits per heavy atom.